The number of Topliss-reactive ketones (excluding diaryl/α,β-unsaturated/α-hetero) is 1. The summed E-state index contributed by atoms with van der Waals surface area (Å²) >= 11 is 5.83. The Morgan fingerprint density at radius 1 is 1.39 bits per heavy atom. The van der Waals surface area contributed by atoms with E-state index in [1.807, 2.05) is 13.8 Å². The van der Waals surface area contributed by atoms with Crippen LogP contribution in [-0.2, 0) is 0 Å². The highest BCUT2D eigenvalue weighted by Gasteiger charge is 2.25. The second-order valence-corrected chi connectivity index (χ2v) is 5.84. The molecule has 2 heterocycles. The molecule has 0 saturated heterocycles. The largest absolute Gasteiger partial charge is 0.292 e. The van der Waals surface area contributed by atoms with Gasteiger partial charge < -0.3 is 0 Å². The summed E-state index contributed by atoms with van der Waals surface area (Å²) < 4.78 is 15.9. The van der Waals surface area contributed by atoms with Gasteiger partial charge in [0, 0.05) is 22.7 Å². The standard InChI is InChI=1S/C17H15ClFN3O/c1-3-10(2)17(23)15-16(12-7-6-11(18)9-13(12)19)22-14(21-15)5-4-8-20-22/h4-10H,3H2,1-2H3. The van der Waals surface area contributed by atoms with E-state index in [-0.39, 0.29) is 23.0 Å². The van der Waals surface area contributed by atoms with Crippen molar-refractivity contribution in [3.8, 4) is 11.3 Å². The van der Waals surface area contributed by atoms with Crippen LogP contribution >= 0.6 is 11.6 Å². The fourth-order valence-electron chi connectivity index (χ4n) is 2.40. The first-order valence-corrected chi connectivity index (χ1v) is 7.74. The minimum absolute atomic E-state index is 0.123. The first-order valence-electron chi connectivity index (χ1n) is 7.36. The third-order valence-electron chi connectivity index (χ3n) is 3.87. The Bertz CT molecular complexity index is 891. The van der Waals surface area contributed by atoms with Crippen molar-refractivity contribution in [3.05, 3.63) is 53.1 Å². The number of carbonyl (C=O) groups is 1. The van der Waals surface area contributed by atoms with Crippen molar-refractivity contribution in [3.63, 3.8) is 0 Å². The molecule has 0 saturated carbocycles. The highest BCUT2D eigenvalue weighted by Crippen LogP contribution is 2.30. The molecule has 3 aromatic rings. The molecule has 0 N–H and O–H groups in total. The van der Waals surface area contributed by atoms with Gasteiger partial charge >= 0.3 is 0 Å². The second-order valence-electron chi connectivity index (χ2n) is 5.40. The van der Waals surface area contributed by atoms with Gasteiger partial charge in [-0.05, 0) is 36.8 Å². The lowest BCUT2D eigenvalue weighted by molar-refractivity contribution is 0.0923. The minimum Gasteiger partial charge on any atom is -0.292 e. The van der Waals surface area contributed by atoms with Crippen LogP contribution in [0.3, 0.4) is 0 Å². The van der Waals surface area contributed by atoms with Crippen LogP contribution in [-0.4, -0.2) is 20.4 Å². The summed E-state index contributed by atoms with van der Waals surface area (Å²) in [5.41, 5.74) is 1.36. The van der Waals surface area contributed by atoms with Crippen LogP contribution in [0.1, 0.15) is 30.8 Å². The number of carbonyl (C=O) groups excluding carboxylic acids is 1. The van der Waals surface area contributed by atoms with Gasteiger partial charge in [-0.3, -0.25) is 4.79 Å². The Morgan fingerprint density at radius 3 is 2.87 bits per heavy atom. The molecule has 0 radical (unpaired) electrons. The van der Waals surface area contributed by atoms with Gasteiger partial charge in [-0.2, -0.15) is 5.10 Å². The number of rotatable bonds is 4. The maximum absolute atomic E-state index is 14.4. The van der Waals surface area contributed by atoms with E-state index in [1.54, 1.807) is 30.5 Å². The van der Waals surface area contributed by atoms with Crippen LogP contribution in [0, 0.1) is 11.7 Å². The third kappa shape index (κ3) is 2.72. The van der Waals surface area contributed by atoms with Gasteiger partial charge in [0.05, 0.1) is 0 Å². The molecular formula is C17H15ClFN3O. The van der Waals surface area contributed by atoms with E-state index in [4.69, 9.17) is 11.6 Å². The Kier molecular flexibility index (Phi) is 4.13. The van der Waals surface area contributed by atoms with Crippen molar-refractivity contribution in [2.24, 2.45) is 5.92 Å². The fourth-order valence-corrected chi connectivity index (χ4v) is 2.56. The van der Waals surface area contributed by atoms with E-state index in [1.165, 1.54) is 10.6 Å². The summed E-state index contributed by atoms with van der Waals surface area (Å²) in [6, 6.07) is 7.80. The van der Waals surface area contributed by atoms with Crippen LogP contribution in [0.5, 0.6) is 0 Å². The molecular weight excluding hydrogens is 317 g/mol. The van der Waals surface area contributed by atoms with Crippen molar-refractivity contribution < 1.29 is 9.18 Å². The molecule has 2 aromatic heterocycles. The van der Waals surface area contributed by atoms with Gasteiger partial charge in [0.2, 0.25) is 0 Å². The maximum Gasteiger partial charge on any atom is 0.186 e. The molecule has 23 heavy (non-hydrogen) atoms. The van der Waals surface area contributed by atoms with E-state index in [9.17, 15) is 9.18 Å². The van der Waals surface area contributed by atoms with Gasteiger partial charge in [0.15, 0.2) is 11.4 Å². The van der Waals surface area contributed by atoms with Crippen LogP contribution in [0.25, 0.3) is 16.9 Å². The zero-order chi connectivity index (χ0) is 16.6. The molecule has 0 aliphatic carbocycles. The molecule has 4 nitrogen and oxygen atoms in total. The van der Waals surface area contributed by atoms with E-state index in [2.05, 4.69) is 10.1 Å². The molecule has 0 aliphatic heterocycles. The molecule has 1 unspecified atom stereocenters. The van der Waals surface area contributed by atoms with Crippen LogP contribution in [0.15, 0.2) is 36.5 Å². The molecule has 3 rings (SSSR count). The number of halogens is 2. The van der Waals surface area contributed by atoms with Crippen LogP contribution < -0.4 is 0 Å². The van der Waals surface area contributed by atoms with Gasteiger partial charge in [-0.1, -0.05) is 25.4 Å². The monoisotopic (exact) mass is 331 g/mol. The van der Waals surface area contributed by atoms with Crippen molar-refractivity contribution >= 4 is 23.0 Å². The summed E-state index contributed by atoms with van der Waals surface area (Å²) in [6.07, 6.45) is 2.26. The van der Waals surface area contributed by atoms with Crippen LogP contribution in [0.4, 0.5) is 4.39 Å². The molecule has 0 amide bonds. The Labute approximate surface area is 137 Å². The van der Waals surface area contributed by atoms with Gasteiger partial charge in [0.25, 0.3) is 0 Å². The number of aromatic nitrogens is 3. The fraction of sp³-hybridized carbons (Fsp3) is 0.235. The highest BCUT2D eigenvalue weighted by atomic mass is 35.5. The highest BCUT2D eigenvalue weighted by molar-refractivity contribution is 6.30. The molecule has 0 spiro atoms. The first kappa shape index (κ1) is 15.6. The number of imidazole rings is 1. The van der Waals surface area contributed by atoms with Gasteiger partial charge in [0.1, 0.15) is 17.2 Å². The number of hydrogen-bond donors (Lipinski definition) is 0. The van der Waals surface area contributed by atoms with E-state index in [0.717, 1.165) is 0 Å². The van der Waals surface area contributed by atoms with Gasteiger partial charge in [-0.15, -0.1) is 0 Å². The van der Waals surface area contributed by atoms with Gasteiger partial charge in [-0.25, -0.2) is 13.9 Å². The Morgan fingerprint density at radius 2 is 2.17 bits per heavy atom. The average molecular weight is 332 g/mol. The number of fused-ring (bicyclic) bond motifs is 1. The molecule has 0 fully saturated rings. The predicted molar refractivity (Wildman–Crippen MR) is 87.2 cm³/mol. The smallest absolute Gasteiger partial charge is 0.186 e. The average Bonchev–Trinajstić information content (AvgIpc) is 2.93. The number of hydrogen-bond acceptors (Lipinski definition) is 3. The zero-order valence-corrected chi connectivity index (χ0v) is 13.5. The second kappa shape index (κ2) is 6.08. The van der Waals surface area contributed by atoms with Crippen molar-refractivity contribution in [2.45, 2.75) is 20.3 Å². The van der Waals surface area contributed by atoms with E-state index >= 15 is 0 Å². The molecule has 6 heteroatoms. The summed E-state index contributed by atoms with van der Waals surface area (Å²) in [5.74, 6) is -0.834. The summed E-state index contributed by atoms with van der Waals surface area (Å²) in [4.78, 5) is 17.0. The minimum atomic E-state index is -0.511. The van der Waals surface area contributed by atoms with Crippen molar-refractivity contribution in [1.29, 1.82) is 0 Å². The Hall–Kier alpha value is -2.27. The van der Waals surface area contributed by atoms with E-state index < -0.39 is 5.82 Å². The summed E-state index contributed by atoms with van der Waals surface area (Å²) in [6.45, 7) is 3.76. The van der Waals surface area contributed by atoms with E-state index in [0.29, 0.717) is 22.8 Å². The topological polar surface area (TPSA) is 47.3 Å². The summed E-state index contributed by atoms with van der Waals surface area (Å²) in [5, 5.41) is 4.51. The molecule has 118 valence electrons. The number of ketones is 1. The summed E-state index contributed by atoms with van der Waals surface area (Å²) in [7, 11) is 0. The lowest BCUT2D eigenvalue weighted by Gasteiger charge is -2.09. The third-order valence-corrected chi connectivity index (χ3v) is 4.11. The van der Waals surface area contributed by atoms with Crippen molar-refractivity contribution in [1.82, 2.24) is 14.6 Å². The number of benzene rings is 1. The number of nitrogens with zero attached hydrogens (tertiary/aromatic N) is 3. The first-order chi connectivity index (χ1) is 11.0. The lowest BCUT2D eigenvalue weighted by Crippen LogP contribution is -2.12. The SMILES string of the molecule is CCC(C)C(=O)c1nc2cccnn2c1-c1ccc(Cl)cc1F. The lowest BCUT2D eigenvalue weighted by atomic mass is 9.98. The molecule has 0 aliphatic rings. The zero-order valence-electron chi connectivity index (χ0n) is 12.8. The normalized spacial score (nSPS) is 12.5. The molecule has 1 aromatic carbocycles. The van der Waals surface area contributed by atoms with Crippen molar-refractivity contribution in [2.75, 3.05) is 0 Å². The predicted octanol–water partition coefficient (Wildman–Crippen LogP) is 4.42. The maximum atomic E-state index is 14.4. The Balaban J connectivity index is 2.31. The van der Waals surface area contributed by atoms with Crippen LogP contribution in [0.2, 0.25) is 5.02 Å². The quantitative estimate of drug-likeness (QED) is 0.665. The molecule has 1 atom stereocenters. The molecule has 0 bridgehead atoms.